The van der Waals surface area contributed by atoms with Crippen molar-refractivity contribution >= 4 is 5.82 Å². The zero-order chi connectivity index (χ0) is 12.4. The summed E-state index contributed by atoms with van der Waals surface area (Å²) < 4.78 is 1.86. The highest BCUT2D eigenvalue weighted by Gasteiger charge is 2.12. The average molecular weight is 231 g/mol. The van der Waals surface area contributed by atoms with E-state index in [-0.39, 0.29) is 0 Å². The summed E-state index contributed by atoms with van der Waals surface area (Å²) in [5.74, 6) is 1.22. The molecule has 2 heterocycles. The minimum absolute atomic E-state index is 0.568. The monoisotopic (exact) mass is 231 g/mol. The number of nitrogens with two attached hydrogens (primary N) is 1. The van der Waals surface area contributed by atoms with Gasteiger partial charge in [0.15, 0.2) is 5.82 Å². The molecule has 0 bridgehead atoms. The normalized spacial score (nSPS) is 10.8. The average Bonchev–Trinajstić information content (AvgIpc) is 2.76. The fourth-order valence-electron chi connectivity index (χ4n) is 1.94. The highest BCUT2D eigenvalue weighted by Crippen LogP contribution is 2.20. The van der Waals surface area contributed by atoms with Crippen LogP contribution in [0.4, 0.5) is 5.82 Å². The molecule has 0 amide bonds. The van der Waals surface area contributed by atoms with Crippen LogP contribution in [0.3, 0.4) is 0 Å². The molecule has 0 aliphatic heterocycles. The van der Waals surface area contributed by atoms with Crippen LogP contribution in [0.1, 0.15) is 25.1 Å². The maximum absolute atomic E-state index is 5.95. The molecule has 0 fully saturated rings. The van der Waals surface area contributed by atoms with E-state index < -0.39 is 0 Å². The predicted octanol–water partition coefficient (Wildman–Crippen LogP) is 1.81. The van der Waals surface area contributed by atoms with Crippen LogP contribution in [0.25, 0.3) is 11.5 Å². The van der Waals surface area contributed by atoms with Gasteiger partial charge in [-0.3, -0.25) is 4.68 Å². The van der Waals surface area contributed by atoms with E-state index in [2.05, 4.69) is 22.0 Å². The zero-order valence-electron chi connectivity index (χ0n) is 10.4. The third-order valence-electron chi connectivity index (χ3n) is 2.84. The second kappa shape index (κ2) is 4.53. The lowest BCUT2D eigenvalue weighted by Crippen LogP contribution is -2.07. The number of nitrogens with zero attached hydrogens (tertiary/aromatic N) is 4. The SMILES string of the molecule is CCc1c(C)nc(-c2ccnn2CC)nc1N. The molecule has 0 radical (unpaired) electrons. The molecule has 2 aromatic rings. The largest absolute Gasteiger partial charge is 0.383 e. The van der Waals surface area contributed by atoms with E-state index in [4.69, 9.17) is 5.73 Å². The van der Waals surface area contributed by atoms with Crippen molar-refractivity contribution in [3.8, 4) is 11.5 Å². The number of hydrogen-bond donors (Lipinski definition) is 1. The van der Waals surface area contributed by atoms with E-state index in [0.717, 1.165) is 29.9 Å². The minimum Gasteiger partial charge on any atom is -0.383 e. The molecule has 5 heteroatoms. The van der Waals surface area contributed by atoms with Crippen molar-refractivity contribution in [3.05, 3.63) is 23.5 Å². The number of anilines is 1. The van der Waals surface area contributed by atoms with Gasteiger partial charge in [-0.25, -0.2) is 9.97 Å². The summed E-state index contributed by atoms with van der Waals surface area (Å²) in [5.41, 5.74) is 8.82. The lowest BCUT2D eigenvalue weighted by molar-refractivity contribution is 0.663. The predicted molar refractivity (Wildman–Crippen MR) is 67.5 cm³/mol. The van der Waals surface area contributed by atoms with Crippen molar-refractivity contribution in [3.63, 3.8) is 0 Å². The lowest BCUT2D eigenvalue weighted by atomic mass is 10.1. The second-order valence-corrected chi connectivity index (χ2v) is 3.88. The molecule has 0 aliphatic rings. The first-order chi connectivity index (χ1) is 8.17. The van der Waals surface area contributed by atoms with Gasteiger partial charge in [0.2, 0.25) is 0 Å². The van der Waals surface area contributed by atoms with Crippen molar-refractivity contribution in [2.75, 3.05) is 5.73 Å². The van der Waals surface area contributed by atoms with Gasteiger partial charge in [0.05, 0.1) is 0 Å². The first-order valence-electron chi connectivity index (χ1n) is 5.82. The van der Waals surface area contributed by atoms with Crippen molar-refractivity contribution in [2.45, 2.75) is 33.7 Å². The summed E-state index contributed by atoms with van der Waals surface area (Å²) >= 11 is 0. The first kappa shape index (κ1) is 11.6. The zero-order valence-corrected chi connectivity index (χ0v) is 10.4. The molecular formula is C12H17N5. The molecule has 0 saturated carbocycles. The van der Waals surface area contributed by atoms with Gasteiger partial charge in [0.1, 0.15) is 11.5 Å². The third kappa shape index (κ3) is 2.00. The van der Waals surface area contributed by atoms with E-state index in [9.17, 15) is 0 Å². The van der Waals surface area contributed by atoms with E-state index in [1.165, 1.54) is 0 Å². The van der Waals surface area contributed by atoms with Crippen molar-refractivity contribution in [1.29, 1.82) is 0 Å². The molecule has 0 aromatic carbocycles. The van der Waals surface area contributed by atoms with Gasteiger partial charge in [-0.05, 0) is 26.3 Å². The van der Waals surface area contributed by atoms with Gasteiger partial charge in [-0.15, -0.1) is 0 Å². The highest BCUT2D eigenvalue weighted by atomic mass is 15.3. The molecule has 0 spiro atoms. The van der Waals surface area contributed by atoms with Crippen molar-refractivity contribution < 1.29 is 0 Å². The Morgan fingerprint density at radius 3 is 2.65 bits per heavy atom. The molecule has 17 heavy (non-hydrogen) atoms. The fourth-order valence-corrected chi connectivity index (χ4v) is 1.94. The molecular weight excluding hydrogens is 214 g/mol. The smallest absolute Gasteiger partial charge is 0.180 e. The number of nitrogen functional groups attached to an aromatic ring is 1. The van der Waals surface area contributed by atoms with Crippen LogP contribution in [-0.4, -0.2) is 19.7 Å². The highest BCUT2D eigenvalue weighted by molar-refractivity contribution is 5.55. The Morgan fingerprint density at radius 1 is 1.29 bits per heavy atom. The van der Waals surface area contributed by atoms with Crippen LogP contribution >= 0.6 is 0 Å². The Morgan fingerprint density at radius 2 is 2.06 bits per heavy atom. The van der Waals surface area contributed by atoms with Crippen LogP contribution in [-0.2, 0) is 13.0 Å². The number of aryl methyl sites for hydroxylation is 2. The Balaban J connectivity index is 2.54. The molecule has 5 nitrogen and oxygen atoms in total. The van der Waals surface area contributed by atoms with Gasteiger partial charge in [-0.1, -0.05) is 6.92 Å². The van der Waals surface area contributed by atoms with E-state index in [1.807, 2.05) is 24.6 Å². The summed E-state index contributed by atoms with van der Waals surface area (Å²) in [6, 6.07) is 1.91. The summed E-state index contributed by atoms with van der Waals surface area (Å²) in [6.07, 6.45) is 2.60. The quantitative estimate of drug-likeness (QED) is 0.874. The van der Waals surface area contributed by atoms with Crippen molar-refractivity contribution in [1.82, 2.24) is 19.7 Å². The molecule has 2 N–H and O–H groups in total. The Kier molecular flexibility index (Phi) is 3.08. The number of hydrogen-bond acceptors (Lipinski definition) is 4. The molecule has 0 unspecified atom stereocenters. The maximum atomic E-state index is 5.95. The van der Waals surface area contributed by atoms with Gasteiger partial charge in [0.25, 0.3) is 0 Å². The molecule has 0 aliphatic carbocycles. The van der Waals surface area contributed by atoms with Gasteiger partial charge < -0.3 is 5.73 Å². The Bertz CT molecular complexity index is 506. The summed E-state index contributed by atoms with van der Waals surface area (Å²) in [7, 11) is 0. The molecule has 0 saturated heterocycles. The van der Waals surface area contributed by atoms with Crippen molar-refractivity contribution in [2.24, 2.45) is 0 Å². The standard InChI is InChI=1S/C12H17N5/c1-4-9-8(3)15-12(16-11(9)13)10-6-7-14-17(10)5-2/h6-7H,4-5H2,1-3H3,(H2,13,15,16). The van der Waals surface area contributed by atoms with Crippen LogP contribution in [0.2, 0.25) is 0 Å². The van der Waals surface area contributed by atoms with E-state index in [0.29, 0.717) is 11.6 Å². The first-order valence-corrected chi connectivity index (χ1v) is 5.82. The molecule has 90 valence electrons. The summed E-state index contributed by atoms with van der Waals surface area (Å²) in [6.45, 7) is 6.85. The fraction of sp³-hybridized carbons (Fsp3) is 0.417. The number of aromatic nitrogens is 4. The molecule has 2 aromatic heterocycles. The maximum Gasteiger partial charge on any atom is 0.180 e. The number of rotatable bonds is 3. The van der Waals surface area contributed by atoms with Gasteiger partial charge in [-0.2, -0.15) is 5.10 Å². The van der Waals surface area contributed by atoms with Gasteiger partial charge >= 0.3 is 0 Å². The van der Waals surface area contributed by atoms with Gasteiger partial charge in [0, 0.05) is 24.0 Å². The van der Waals surface area contributed by atoms with Crippen LogP contribution in [0.15, 0.2) is 12.3 Å². The topological polar surface area (TPSA) is 69.6 Å². The Hall–Kier alpha value is -1.91. The minimum atomic E-state index is 0.568. The van der Waals surface area contributed by atoms with Crippen LogP contribution in [0.5, 0.6) is 0 Å². The summed E-state index contributed by atoms with van der Waals surface area (Å²) in [5, 5.41) is 4.21. The second-order valence-electron chi connectivity index (χ2n) is 3.88. The van der Waals surface area contributed by atoms with Crippen LogP contribution < -0.4 is 5.73 Å². The van der Waals surface area contributed by atoms with E-state index in [1.54, 1.807) is 6.20 Å². The molecule has 2 rings (SSSR count). The van der Waals surface area contributed by atoms with E-state index >= 15 is 0 Å². The third-order valence-corrected chi connectivity index (χ3v) is 2.84. The Labute approximate surface area is 101 Å². The molecule has 0 atom stereocenters. The lowest BCUT2D eigenvalue weighted by Gasteiger charge is -2.09. The van der Waals surface area contributed by atoms with Crippen LogP contribution in [0, 0.1) is 6.92 Å². The summed E-state index contributed by atoms with van der Waals surface area (Å²) in [4.78, 5) is 8.87.